The van der Waals surface area contributed by atoms with Crippen LogP contribution >= 0.6 is 11.3 Å². The van der Waals surface area contributed by atoms with Crippen molar-refractivity contribution in [2.75, 3.05) is 19.4 Å². The minimum absolute atomic E-state index is 0.128. The van der Waals surface area contributed by atoms with E-state index in [1.807, 2.05) is 19.1 Å². The standard InChI is InChI=1S/C16H17N5O2S/c1-11-15(24-16(18-11)12-6-4-8-17-10-12)19-14(23)13(7-5-9-22)20-21(2)3/h4-10H,1-3H3,(H,19,23)/b7-5-,20-13+. The number of pyridine rings is 1. The van der Waals surface area contributed by atoms with Crippen LogP contribution in [0.4, 0.5) is 5.00 Å². The van der Waals surface area contributed by atoms with Crippen molar-refractivity contribution in [3.8, 4) is 10.6 Å². The van der Waals surface area contributed by atoms with E-state index in [4.69, 9.17) is 0 Å². The Balaban J connectivity index is 2.23. The highest BCUT2D eigenvalue weighted by molar-refractivity contribution is 7.19. The van der Waals surface area contributed by atoms with Crippen molar-refractivity contribution in [2.45, 2.75) is 6.92 Å². The number of rotatable bonds is 6. The zero-order chi connectivity index (χ0) is 17.5. The van der Waals surface area contributed by atoms with Gasteiger partial charge >= 0.3 is 0 Å². The van der Waals surface area contributed by atoms with Crippen LogP contribution in [0.5, 0.6) is 0 Å². The molecule has 2 aromatic heterocycles. The molecule has 2 heterocycles. The predicted octanol–water partition coefficient (Wildman–Crippen LogP) is 2.12. The maximum atomic E-state index is 12.4. The zero-order valence-electron chi connectivity index (χ0n) is 13.6. The first kappa shape index (κ1) is 17.5. The molecular weight excluding hydrogens is 326 g/mol. The Labute approximate surface area is 143 Å². The fourth-order valence-corrected chi connectivity index (χ4v) is 2.74. The Morgan fingerprint density at radius 1 is 1.42 bits per heavy atom. The largest absolute Gasteiger partial charge is 0.311 e. The molecular formula is C16H17N5O2S. The summed E-state index contributed by atoms with van der Waals surface area (Å²) in [6.45, 7) is 1.82. The Morgan fingerprint density at radius 2 is 2.21 bits per heavy atom. The topological polar surface area (TPSA) is 87.5 Å². The summed E-state index contributed by atoms with van der Waals surface area (Å²) in [6, 6.07) is 3.74. The second-order valence-corrected chi connectivity index (χ2v) is 5.96. The molecule has 0 fully saturated rings. The third kappa shape index (κ3) is 4.56. The molecule has 0 aliphatic heterocycles. The lowest BCUT2D eigenvalue weighted by Crippen LogP contribution is -2.23. The van der Waals surface area contributed by atoms with Crippen molar-refractivity contribution in [3.05, 3.63) is 42.4 Å². The van der Waals surface area contributed by atoms with Gasteiger partial charge in [0.2, 0.25) is 0 Å². The Morgan fingerprint density at radius 3 is 2.83 bits per heavy atom. The molecule has 0 aromatic carbocycles. The van der Waals surface area contributed by atoms with Crippen LogP contribution in [0, 0.1) is 6.92 Å². The van der Waals surface area contributed by atoms with E-state index in [0.29, 0.717) is 17.0 Å². The molecule has 124 valence electrons. The molecule has 0 spiro atoms. The molecule has 0 radical (unpaired) electrons. The third-order valence-electron chi connectivity index (χ3n) is 2.81. The van der Waals surface area contributed by atoms with Crippen LogP contribution in [0.25, 0.3) is 10.6 Å². The summed E-state index contributed by atoms with van der Waals surface area (Å²) >= 11 is 1.36. The molecule has 8 heteroatoms. The number of aldehydes is 1. The summed E-state index contributed by atoms with van der Waals surface area (Å²) in [4.78, 5) is 31.4. The van der Waals surface area contributed by atoms with Gasteiger partial charge in [-0.1, -0.05) is 11.3 Å². The number of aromatic nitrogens is 2. The number of thiazole rings is 1. The van der Waals surface area contributed by atoms with Crippen LogP contribution in [0.3, 0.4) is 0 Å². The smallest absolute Gasteiger partial charge is 0.276 e. The molecule has 2 aromatic rings. The van der Waals surface area contributed by atoms with E-state index >= 15 is 0 Å². The van der Waals surface area contributed by atoms with Crippen LogP contribution < -0.4 is 5.32 Å². The normalized spacial score (nSPS) is 11.5. The van der Waals surface area contributed by atoms with Gasteiger partial charge in [-0.2, -0.15) is 5.10 Å². The average molecular weight is 343 g/mol. The molecule has 0 aliphatic rings. The third-order valence-corrected chi connectivity index (χ3v) is 3.93. The van der Waals surface area contributed by atoms with E-state index in [1.54, 1.807) is 26.5 Å². The molecule has 0 atom stereocenters. The number of hydrogen-bond donors (Lipinski definition) is 1. The monoisotopic (exact) mass is 343 g/mol. The van der Waals surface area contributed by atoms with E-state index in [2.05, 4.69) is 20.4 Å². The Hall–Kier alpha value is -2.87. The van der Waals surface area contributed by atoms with Gasteiger partial charge in [0.15, 0.2) is 0 Å². The average Bonchev–Trinajstić information content (AvgIpc) is 2.92. The van der Waals surface area contributed by atoms with Crippen molar-refractivity contribution in [3.63, 3.8) is 0 Å². The molecule has 1 amide bonds. The van der Waals surface area contributed by atoms with Gasteiger partial charge in [0, 0.05) is 32.1 Å². The van der Waals surface area contributed by atoms with Crippen LogP contribution in [0.1, 0.15) is 5.69 Å². The van der Waals surface area contributed by atoms with Crippen molar-refractivity contribution in [1.82, 2.24) is 15.0 Å². The first-order valence-corrected chi connectivity index (χ1v) is 7.90. The summed E-state index contributed by atoms with van der Waals surface area (Å²) < 4.78 is 0. The van der Waals surface area contributed by atoms with Crippen molar-refractivity contribution in [1.29, 1.82) is 0 Å². The summed E-state index contributed by atoms with van der Waals surface area (Å²) in [5.41, 5.74) is 1.72. The summed E-state index contributed by atoms with van der Waals surface area (Å²) in [6.07, 6.45) is 6.59. The van der Waals surface area contributed by atoms with Gasteiger partial charge < -0.3 is 10.3 Å². The van der Waals surface area contributed by atoms with Gasteiger partial charge in [0.25, 0.3) is 5.91 Å². The van der Waals surface area contributed by atoms with Crippen molar-refractivity contribution >= 4 is 34.2 Å². The highest BCUT2D eigenvalue weighted by Gasteiger charge is 2.15. The number of carbonyl (C=O) groups excluding carboxylic acids is 2. The number of hydrogen-bond acceptors (Lipinski definition) is 7. The second-order valence-electron chi connectivity index (χ2n) is 4.96. The molecule has 24 heavy (non-hydrogen) atoms. The second kappa shape index (κ2) is 8.11. The number of amides is 1. The minimum atomic E-state index is -0.411. The maximum absolute atomic E-state index is 12.4. The quantitative estimate of drug-likeness (QED) is 0.376. The van der Waals surface area contributed by atoms with E-state index < -0.39 is 5.91 Å². The molecule has 2 rings (SSSR count). The number of anilines is 1. The van der Waals surface area contributed by atoms with E-state index in [0.717, 1.165) is 10.6 Å². The minimum Gasteiger partial charge on any atom is -0.311 e. The van der Waals surface area contributed by atoms with Crippen LogP contribution in [0.15, 0.2) is 41.8 Å². The zero-order valence-corrected chi connectivity index (χ0v) is 14.4. The van der Waals surface area contributed by atoms with Crippen LogP contribution in [-0.2, 0) is 9.59 Å². The van der Waals surface area contributed by atoms with Gasteiger partial charge in [-0.15, -0.1) is 0 Å². The van der Waals surface area contributed by atoms with Crippen LogP contribution in [0.2, 0.25) is 0 Å². The van der Waals surface area contributed by atoms with Gasteiger partial charge in [-0.3, -0.25) is 14.6 Å². The molecule has 0 bridgehead atoms. The molecule has 0 saturated heterocycles. The van der Waals surface area contributed by atoms with Gasteiger partial charge in [0.1, 0.15) is 22.0 Å². The summed E-state index contributed by atoms with van der Waals surface area (Å²) in [5, 5.41) is 9.75. The fraction of sp³-hybridized carbons (Fsp3) is 0.188. The number of carbonyl (C=O) groups is 2. The molecule has 1 N–H and O–H groups in total. The molecule has 0 unspecified atom stereocenters. The highest BCUT2D eigenvalue weighted by atomic mass is 32.1. The fourth-order valence-electron chi connectivity index (χ4n) is 1.79. The van der Waals surface area contributed by atoms with Gasteiger partial charge in [-0.25, -0.2) is 4.98 Å². The number of nitrogens with one attached hydrogen (secondary N) is 1. The first-order valence-electron chi connectivity index (χ1n) is 7.08. The van der Waals surface area contributed by atoms with Gasteiger partial charge in [0.05, 0.1) is 5.69 Å². The summed E-state index contributed by atoms with van der Waals surface area (Å²) in [5.74, 6) is -0.411. The van der Waals surface area contributed by atoms with Crippen molar-refractivity contribution < 1.29 is 9.59 Å². The van der Waals surface area contributed by atoms with Crippen molar-refractivity contribution in [2.24, 2.45) is 5.10 Å². The Bertz CT molecular complexity index is 781. The van der Waals surface area contributed by atoms with Gasteiger partial charge in [-0.05, 0) is 31.2 Å². The van der Waals surface area contributed by atoms with Crippen LogP contribution in [-0.4, -0.2) is 47.0 Å². The Kier molecular flexibility index (Phi) is 5.91. The number of allylic oxidation sites excluding steroid dienone is 1. The van der Waals surface area contributed by atoms with E-state index in [9.17, 15) is 9.59 Å². The first-order chi connectivity index (χ1) is 11.5. The lowest BCUT2D eigenvalue weighted by molar-refractivity contribution is -0.110. The number of hydrazone groups is 1. The predicted molar refractivity (Wildman–Crippen MR) is 95.0 cm³/mol. The lowest BCUT2D eigenvalue weighted by atomic mass is 10.3. The van der Waals surface area contributed by atoms with E-state index in [1.165, 1.54) is 28.5 Å². The molecule has 0 saturated carbocycles. The SMILES string of the molecule is Cc1nc(-c2cccnc2)sc1NC(=O)C(/C=C\C=O)=N/N(C)C. The molecule has 0 aliphatic carbocycles. The lowest BCUT2D eigenvalue weighted by Gasteiger charge is -2.08. The summed E-state index contributed by atoms with van der Waals surface area (Å²) in [7, 11) is 3.39. The number of nitrogens with zero attached hydrogens (tertiary/aromatic N) is 4. The molecule has 7 nitrogen and oxygen atoms in total. The number of aryl methyl sites for hydroxylation is 1. The highest BCUT2D eigenvalue weighted by Crippen LogP contribution is 2.31. The van der Waals surface area contributed by atoms with E-state index in [-0.39, 0.29) is 5.71 Å². The maximum Gasteiger partial charge on any atom is 0.276 e.